The average molecular weight is 537 g/mol. The lowest BCUT2D eigenvalue weighted by atomic mass is 9.83. The second-order valence-corrected chi connectivity index (χ2v) is 10.3. The van der Waals surface area contributed by atoms with Crippen molar-refractivity contribution in [2.24, 2.45) is 0 Å². The fraction of sp³-hybridized carbons (Fsp3) is 0. The highest BCUT2D eigenvalue weighted by molar-refractivity contribution is 6.09. The highest BCUT2D eigenvalue weighted by Crippen LogP contribution is 2.44. The minimum Gasteiger partial charge on any atom is -0.456 e. The summed E-state index contributed by atoms with van der Waals surface area (Å²) in [6.07, 6.45) is 0. The van der Waals surface area contributed by atoms with E-state index in [2.05, 4.69) is 24.3 Å². The van der Waals surface area contributed by atoms with E-state index in [0.717, 1.165) is 71.7 Å². The van der Waals surface area contributed by atoms with Crippen LogP contribution in [0.15, 0.2) is 130 Å². The first-order valence-electron chi connectivity index (χ1n) is 13.6. The molecule has 0 fully saturated rings. The lowest BCUT2D eigenvalue weighted by Crippen LogP contribution is -1.98. The Bertz CT molecular complexity index is 2430. The molecule has 6 aromatic carbocycles. The van der Waals surface area contributed by atoms with Gasteiger partial charge in [0.25, 0.3) is 0 Å². The van der Waals surface area contributed by atoms with Crippen molar-refractivity contribution in [3.05, 3.63) is 132 Å². The van der Waals surface area contributed by atoms with E-state index in [1.54, 1.807) is 0 Å². The van der Waals surface area contributed by atoms with Crippen molar-refractivity contribution in [2.75, 3.05) is 0 Å². The molecule has 194 valence electrons. The second-order valence-electron chi connectivity index (χ2n) is 10.3. The summed E-state index contributed by atoms with van der Waals surface area (Å²) in [6.45, 7) is 0. The molecule has 2 heterocycles. The number of fused-ring (bicyclic) bond motifs is 6. The fourth-order valence-electron chi connectivity index (χ4n) is 6.08. The summed E-state index contributed by atoms with van der Waals surface area (Å²) in [7, 11) is 0. The average Bonchev–Trinajstić information content (AvgIpc) is 3.61. The van der Waals surface area contributed by atoms with E-state index < -0.39 is 0 Å². The van der Waals surface area contributed by atoms with Gasteiger partial charge in [0.2, 0.25) is 0 Å². The molecule has 8 rings (SSSR count). The van der Waals surface area contributed by atoms with E-state index in [9.17, 15) is 10.5 Å². The number of nitrogens with zero attached hydrogens (tertiary/aromatic N) is 2. The molecule has 8 aromatic rings. The van der Waals surface area contributed by atoms with Crippen LogP contribution in [0.5, 0.6) is 0 Å². The lowest BCUT2D eigenvalue weighted by Gasteiger charge is -2.18. The van der Waals surface area contributed by atoms with Crippen LogP contribution in [0.2, 0.25) is 0 Å². The van der Waals surface area contributed by atoms with Gasteiger partial charge in [0, 0.05) is 38.2 Å². The molecule has 2 aromatic heterocycles. The van der Waals surface area contributed by atoms with Crippen LogP contribution in [0.3, 0.4) is 0 Å². The van der Waals surface area contributed by atoms with E-state index in [0.29, 0.717) is 16.7 Å². The number of hydrogen-bond acceptors (Lipinski definition) is 4. The molecule has 0 aliphatic carbocycles. The molecular formula is C38H20N2O2. The Kier molecular flexibility index (Phi) is 5.22. The van der Waals surface area contributed by atoms with Gasteiger partial charge in [0.05, 0.1) is 17.2 Å². The second kappa shape index (κ2) is 9.24. The predicted molar refractivity (Wildman–Crippen MR) is 167 cm³/mol. The Hall–Kier alpha value is -6.10. The minimum atomic E-state index is 0.493. The number of furan rings is 2. The third-order valence-electron chi connectivity index (χ3n) is 7.98. The minimum absolute atomic E-state index is 0.493. The zero-order chi connectivity index (χ0) is 28.2. The van der Waals surface area contributed by atoms with Crippen molar-refractivity contribution in [1.82, 2.24) is 0 Å². The summed E-state index contributed by atoms with van der Waals surface area (Å²) in [4.78, 5) is 0. The van der Waals surface area contributed by atoms with Gasteiger partial charge in [-0.2, -0.15) is 10.5 Å². The van der Waals surface area contributed by atoms with Crippen LogP contribution in [-0.2, 0) is 0 Å². The van der Waals surface area contributed by atoms with E-state index in [1.807, 2.05) is 109 Å². The fourth-order valence-corrected chi connectivity index (χ4v) is 6.08. The summed E-state index contributed by atoms with van der Waals surface area (Å²) < 4.78 is 12.1. The molecule has 42 heavy (non-hydrogen) atoms. The molecule has 0 aliphatic heterocycles. The molecule has 0 bridgehead atoms. The van der Waals surface area contributed by atoms with Gasteiger partial charge in [0.15, 0.2) is 0 Å². The Morgan fingerprint density at radius 2 is 0.976 bits per heavy atom. The molecular weight excluding hydrogens is 516 g/mol. The number of para-hydroxylation sites is 2. The Morgan fingerprint density at radius 1 is 0.429 bits per heavy atom. The summed E-state index contributed by atoms with van der Waals surface area (Å²) in [6, 6.07) is 44.4. The highest BCUT2D eigenvalue weighted by Gasteiger charge is 2.23. The van der Waals surface area contributed by atoms with Crippen LogP contribution in [0, 0.1) is 22.7 Å². The Balaban J connectivity index is 1.45. The first-order chi connectivity index (χ1) is 20.7. The lowest BCUT2D eigenvalue weighted by molar-refractivity contribution is 0.668. The van der Waals surface area contributed by atoms with Gasteiger partial charge in [-0.3, -0.25) is 0 Å². The molecule has 0 atom stereocenters. The number of hydrogen-bond donors (Lipinski definition) is 0. The van der Waals surface area contributed by atoms with Gasteiger partial charge in [-0.25, -0.2) is 0 Å². The van der Waals surface area contributed by atoms with Crippen molar-refractivity contribution >= 4 is 43.9 Å². The third kappa shape index (κ3) is 3.53. The SMILES string of the molecule is N#Cc1cc(-c2ccc3oc4ccccc4c3c2)c(C#N)c(-c2ccccc2)c1-c1ccc2oc3ccccc3c2c1. The maximum absolute atomic E-state index is 10.7. The molecule has 0 N–H and O–H groups in total. The van der Waals surface area contributed by atoms with Crippen LogP contribution in [0.4, 0.5) is 0 Å². The molecule has 4 heteroatoms. The summed E-state index contributed by atoms with van der Waals surface area (Å²) in [5.41, 5.74) is 8.92. The molecule has 4 nitrogen and oxygen atoms in total. The van der Waals surface area contributed by atoms with Crippen LogP contribution >= 0.6 is 0 Å². The maximum Gasteiger partial charge on any atom is 0.135 e. The van der Waals surface area contributed by atoms with Gasteiger partial charge in [-0.05, 0) is 59.2 Å². The molecule has 0 aliphatic rings. The monoisotopic (exact) mass is 536 g/mol. The van der Waals surface area contributed by atoms with E-state index in [4.69, 9.17) is 8.83 Å². The first-order valence-corrected chi connectivity index (χ1v) is 13.6. The Morgan fingerprint density at radius 3 is 1.60 bits per heavy atom. The summed E-state index contributed by atoms with van der Waals surface area (Å²) in [5, 5.41) is 25.2. The predicted octanol–water partition coefficient (Wildman–Crippen LogP) is 10.2. The van der Waals surface area contributed by atoms with Crippen molar-refractivity contribution in [1.29, 1.82) is 10.5 Å². The zero-order valence-corrected chi connectivity index (χ0v) is 22.3. The first kappa shape index (κ1) is 23.8. The zero-order valence-electron chi connectivity index (χ0n) is 22.3. The molecule has 0 saturated heterocycles. The van der Waals surface area contributed by atoms with Gasteiger partial charge in [0.1, 0.15) is 28.4 Å². The molecule has 0 unspecified atom stereocenters. The van der Waals surface area contributed by atoms with Crippen LogP contribution in [-0.4, -0.2) is 0 Å². The van der Waals surface area contributed by atoms with Crippen LogP contribution < -0.4 is 0 Å². The van der Waals surface area contributed by atoms with Gasteiger partial charge < -0.3 is 8.83 Å². The summed E-state index contributed by atoms with van der Waals surface area (Å²) >= 11 is 0. The van der Waals surface area contributed by atoms with Gasteiger partial charge in [-0.1, -0.05) is 78.9 Å². The van der Waals surface area contributed by atoms with Crippen molar-refractivity contribution in [3.63, 3.8) is 0 Å². The maximum atomic E-state index is 10.7. The van der Waals surface area contributed by atoms with Gasteiger partial charge in [-0.15, -0.1) is 0 Å². The van der Waals surface area contributed by atoms with Crippen molar-refractivity contribution in [2.45, 2.75) is 0 Å². The number of nitriles is 2. The standard InChI is InChI=1S/C38H20N2O2/c39-21-26-20-29(24-14-16-35-30(18-24)27-10-4-6-12-33(27)41-35)32(22-40)38(23-8-2-1-3-9-23)37(26)25-15-17-36-31(19-25)28-11-5-7-13-34(28)42-36/h1-20H. The van der Waals surface area contributed by atoms with Crippen LogP contribution in [0.1, 0.15) is 11.1 Å². The van der Waals surface area contributed by atoms with Crippen molar-refractivity contribution < 1.29 is 8.83 Å². The largest absolute Gasteiger partial charge is 0.456 e. The number of rotatable bonds is 3. The normalized spacial score (nSPS) is 11.3. The quantitative estimate of drug-likeness (QED) is 0.225. The molecule has 0 radical (unpaired) electrons. The molecule has 0 saturated carbocycles. The topological polar surface area (TPSA) is 73.9 Å². The molecule has 0 spiro atoms. The smallest absolute Gasteiger partial charge is 0.135 e. The van der Waals surface area contributed by atoms with E-state index >= 15 is 0 Å². The van der Waals surface area contributed by atoms with E-state index in [1.165, 1.54) is 0 Å². The van der Waals surface area contributed by atoms with Gasteiger partial charge >= 0.3 is 0 Å². The van der Waals surface area contributed by atoms with Crippen LogP contribution in [0.25, 0.3) is 77.3 Å². The molecule has 0 amide bonds. The Labute approximate surface area is 240 Å². The number of benzene rings is 6. The third-order valence-corrected chi connectivity index (χ3v) is 7.98. The van der Waals surface area contributed by atoms with Crippen molar-refractivity contribution in [3.8, 4) is 45.5 Å². The summed E-state index contributed by atoms with van der Waals surface area (Å²) in [5.74, 6) is 0. The van der Waals surface area contributed by atoms with E-state index in [-0.39, 0.29) is 0 Å². The highest BCUT2D eigenvalue weighted by atomic mass is 16.3.